The van der Waals surface area contributed by atoms with Gasteiger partial charge in [-0.1, -0.05) is 109 Å². The third-order valence-electron chi connectivity index (χ3n) is 10.8. The number of cyclic esters (lactones) is 1. The molecule has 0 atom stereocenters. The van der Waals surface area contributed by atoms with Crippen LogP contribution in [0.2, 0.25) is 20.1 Å². The lowest BCUT2D eigenvalue weighted by atomic mass is 9.83. The lowest BCUT2D eigenvalue weighted by molar-refractivity contribution is 0.0300. The number of anilines is 2. The molecule has 0 radical (unpaired) electrons. The molecule has 0 saturated carbocycles. The van der Waals surface area contributed by atoms with Crippen LogP contribution in [0.25, 0.3) is 11.1 Å². The van der Waals surface area contributed by atoms with Crippen molar-refractivity contribution in [1.82, 2.24) is 0 Å². The fourth-order valence-corrected chi connectivity index (χ4v) is 7.83. The molecular formula is C48H48Cl4N2O4. The fourth-order valence-electron chi connectivity index (χ4n) is 6.75. The Morgan fingerprint density at radius 1 is 0.586 bits per heavy atom. The van der Waals surface area contributed by atoms with Crippen LogP contribution in [0.4, 0.5) is 11.4 Å². The molecule has 302 valence electrons. The van der Waals surface area contributed by atoms with E-state index in [1.807, 2.05) is 109 Å². The van der Waals surface area contributed by atoms with Crippen LogP contribution in [-0.2, 0) is 10.3 Å². The Bertz CT molecular complexity index is 2230. The third kappa shape index (κ3) is 9.01. The molecule has 0 unspecified atom stereocenters. The number of benzene rings is 5. The largest absolute Gasteiger partial charge is 0.497 e. The van der Waals surface area contributed by atoms with Crippen molar-refractivity contribution in [3.05, 3.63) is 163 Å². The number of nitrogens with one attached hydrogen (secondary N) is 2. The standard InChI is InChI=1S/C48H48Cl4N2O4/c1-9-46(3,4)53-33-19-11-29(12-20-33)37(31-15-23-35(56-7)24-16-31)27-48(40-39(45(55)58-48)41(49)43(51)44(52)42(40)50)28-38(32-17-25-36(57-8)26-18-32)30-13-21-34(22-14-30)54-47(5,6)10-2/h11-28,53-54H,9-10H2,1-8H3/b37-27-,38-28-. The molecule has 0 amide bonds. The van der Waals surface area contributed by atoms with E-state index in [1.54, 1.807) is 14.2 Å². The molecule has 6 rings (SSSR count). The maximum Gasteiger partial charge on any atom is 0.341 e. The van der Waals surface area contributed by atoms with Crippen molar-refractivity contribution < 1.29 is 19.0 Å². The second-order valence-corrected chi connectivity index (χ2v) is 17.2. The van der Waals surface area contributed by atoms with E-state index in [-0.39, 0.29) is 42.3 Å². The molecule has 6 nitrogen and oxygen atoms in total. The minimum Gasteiger partial charge on any atom is -0.497 e. The molecular weight excluding hydrogens is 810 g/mol. The van der Waals surface area contributed by atoms with E-state index in [1.165, 1.54) is 0 Å². The minimum absolute atomic E-state index is 0.0106. The number of fused-ring (bicyclic) bond motifs is 1. The van der Waals surface area contributed by atoms with E-state index in [4.69, 9.17) is 60.6 Å². The van der Waals surface area contributed by atoms with Gasteiger partial charge in [-0.3, -0.25) is 0 Å². The molecule has 0 spiro atoms. The molecule has 0 saturated heterocycles. The number of hydrogen-bond donors (Lipinski definition) is 2. The summed E-state index contributed by atoms with van der Waals surface area (Å²) in [7, 11) is 3.25. The lowest BCUT2D eigenvalue weighted by Gasteiger charge is -2.28. The van der Waals surface area contributed by atoms with Crippen LogP contribution in [0, 0.1) is 0 Å². The molecule has 10 heteroatoms. The van der Waals surface area contributed by atoms with Crippen LogP contribution in [0.1, 0.15) is 92.6 Å². The first-order valence-corrected chi connectivity index (χ1v) is 20.7. The van der Waals surface area contributed by atoms with Gasteiger partial charge in [-0.25, -0.2) is 4.79 Å². The highest BCUT2D eigenvalue weighted by Crippen LogP contribution is 2.53. The molecule has 1 heterocycles. The van der Waals surface area contributed by atoms with E-state index in [0.717, 1.165) is 57.6 Å². The normalized spacial score (nSPS) is 14.2. The number of rotatable bonds is 14. The minimum atomic E-state index is -1.66. The van der Waals surface area contributed by atoms with Crippen molar-refractivity contribution in [3.63, 3.8) is 0 Å². The number of hydrogen-bond acceptors (Lipinski definition) is 6. The number of methoxy groups -OCH3 is 2. The average molecular weight is 859 g/mol. The van der Waals surface area contributed by atoms with Crippen LogP contribution in [0.3, 0.4) is 0 Å². The number of carbonyl (C=O) groups excluding carboxylic acids is 1. The first-order chi connectivity index (χ1) is 27.5. The summed E-state index contributed by atoms with van der Waals surface area (Å²) in [5.74, 6) is 0.684. The molecule has 0 bridgehead atoms. The van der Waals surface area contributed by atoms with Crippen molar-refractivity contribution >= 4 is 74.9 Å². The molecule has 5 aromatic carbocycles. The van der Waals surface area contributed by atoms with Crippen molar-refractivity contribution in [2.45, 2.75) is 71.1 Å². The summed E-state index contributed by atoms with van der Waals surface area (Å²) in [5, 5.41) is 7.22. The van der Waals surface area contributed by atoms with Gasteiger partial charge in [0.15, 0.2) is 5.60 Å². The zero-order chi connectivity index (χ0) is 42.0. The van der Waals surface area contributed by atoms with Gasteiger partial charge in [-0.15, -0.1) is 0 Å². The predicted octanol–water partition coefficient (Wildman–Crippen LogP) is 14.1. The zero-order valence-corrected chi connectivity index (χ0v) is 37.0. The van der Waals surface area contributed by atoms with Crippen molar-refractivity contribution in [2.75, 3.05) is 24.9 Å². The van der Waals surface area contributed by atoms with Gasteiger partial charge in [0, 0.05) is 28.0 Å². The van der Waals surface area contributed by atoms with Crippen molar-refractivity contribution in [1.29, 1.82) is 0 Å². The topological polar surface area (TPSA) is 68.8 Å². The van der Waals surface area contributed by atoms with Gasteiger partial charge in [-0.05, 0) is 135 Å². The van der Waals surface area contributed by atoms with Gasteiger partial charge in [-0.2, -0.15) is 0 Å². The second kappa shape index (κ2) is 17.3. The molecule has 1 aliphatic heterocycles. The Morgan fingerprint density at radius 2 is 0.931 bits per heavy atom. The Morgan fingerprint density at radius 3 is 1.28 bits per heavy atom. The van der Waals surface area contributed by atoms with E-state index in [0.29, 0.717) is 11.5 Å². The van der Waals surface area contributed by atoms with Crippen LogP contribution >= 0.6 is 46.4 Å². The van der Waals surface area contributed by atoms with Gasteiger partial charge in [0.25, 0.3) is 0 Å². The Hall–Kier alpha value is -4.59. The predicted molar refractivity (Wildman–Crippen MR) is 243 cm³/mol. The van der Waals surface area contributed by atoms with Crippen molar-refractivity contribution in [2.24, 2.45) is 0 Å². The van der Waals surface area contributed by atoms with Gasteiger partial charge < -0.3 is 24.8 Å². The molecule has 5 aromatic rings. The number of esters is 1. The molecule has 58 heavy (non-hydrogen) atoms. The Balaban J connectivity index is 1.68. The second-order valence-electron chi connectivity index (χ2n) is 15.6. The zero-order valence-electron chi connectivity index (χ0n) is 34.0. The van der Waals surface area contributed by atoms with Crippen LogP contribution in [0.15, 0.2) is 109 Å². The summed E-state index contributed by atoms with van der Waals surface area (Å²) in [6.45, 7) is 12.9. The van der Waals surface area contributed by atoms with Crippen molar-refractivity contribution in [3.8, 4) is 11.5 Å². The molecule has 2 N–H and O–H groups in total. The summed E-state index contributed by atoms with van der Waals surface area (Å²) >= 11 is 27.4. The highest BCUT2D eigenvalue weighted by atomic mass is 35.5. The van der Waals surface area contributed by atoms with Gasteiger partial charge in [0.1, 0.15) is 11.5 Å². The van der Waals surface area contributed by atoms with E-state index in [2.05, 4.69) is 52.2 Å². The summed E-state index contributed by atoms with van der Waals surface area (Å²) < 4.78 is 17.6. The van der Waals surface area contributed by atoms with Gasteiger partial charge in [0.05, 0.1) is 39.9 Å². The number of halogens is 4. The smallest absolute Gasteiger partial charge is 0.341 e. The van der Waals surface area contributed by atoms with E-state index < -0.39 is 11.6 Å². The maximum atomic E-state index is 14.2. The summed E-state index contributed by atoms with van der Waals surface area (Å²) in [6, 6.07) is 31.7. The molecule has 0 fully saturated rings. The summed E-state index contributed by atoms with van der Waals surface area (Å²) in [6.07, 6.45) is 5.70. The quantitative estimate of drug-likeness (QED) is 0.0659. The van der Waals surface area contributed by atoms with Crippen LogP contribution < -0.4 is 20.1 Å². The van der Waals surface area contributed by atoms with Gasteiger partial charge >= 0.3 is 5.97 Å². The summed E-state index contributed by atoms with van der Waals surface area (Å²) in [4.78, 5) is 14.2. The van der Waals surface area contributed by atoms with Crippen LogP contribution in [-0.4, -0.2) is 31.3 Å². The monoisotopic (exact) mass is 856 g/mol. The van der Waals surface area contributed by atoms with Crippen LogP contribution in [0.5, 0.6) is 11.5 Å². The van der Waals surface area contributed by atoms with Gasteiger partial charge in [0.2, 0.25) is 0 Å². The SMILES string of the molecule is CCC(C)(C)Nc1ccc(/C(=C/C2(/C=C(/c3ccc(NC(C)(C)CC)cc3)c3ccc(OC)cc3)OC(=O)c3c(Cl)c(Cl)c(Cl)c(Cl)c32)c2ccc(OC)cc2)cc1. The lowest BCUT2D eigenvalue weighted by Crippen LogP contribution is -2.29. The number of ether oxygens (including phenoxy) is 3. The Labute approximate surface area is 362 Å². The highest BCUT2D eigenvalue weighted by Gasteiger charge is 2.48. The summed E-state index contributed by atoms with van der Waals surface area (Å²) in [5.41, 5.74) is 5.23. The Kier molecular flexibility index (Phi) is 12.8. The third-order valence-corrected chi connectivity index (χ3v) is 12.6. The average Bonchev–Trinajstić information content (AvgIpc) is 3.52. The van der Waals surface area contributed by atoms with E-state index >= 15 is 0 Å². The molecule has 0 aliphatic carbocycles. The molecule has 1 aliphatic rings. The molecule has 0 aromatic heterocycles. The fraction of sp³-hybridized carbons (Fsp3) is 0.271. The first-order valence-electron chi connectivity index (χ1n) is 19.2. The van der Waals surface area contributed by atoms with E-state index in [9.17, 15) is 4.79 Å². The first kappa shape index (κ1) is 43.0. The highest BCUT2D eigenvalue weighted by molar-refractivity contribution is 6.53. The maximum absolute atomic E-state index is 14.2. The number of carbonyl (C=O) groups is 1.